The van der Waals surface area contributed by atoms with Crippen LogP contribution in [0.4, 0.5) is 5.13 Å². The van der Waals surface area contributed by atoms with Gasteiger partial charge in [0.25, 0.3) is 0 Å². The molecule has 6 nitrogen and oxygen atoms in total. The molecule has 2 aromatic carbocycles. The highest BCUT2D eigenvalue weighted by Gasteiger charge is 2.23. The normalized spacial score (nSPS) is 13.1. The number of para-hydroxylation sites is 1. The fourth-order valence-electron chi connectivity index (χ4n) is 4.37. The SMILES string of the molecule is O=C(CCc1ccccc1)Nc1nnc(SCC(=O)n2c3c(c4ccccc42)CCCC3)s1. The molecule has 0 atom stereocenters. The van der Waals surface area contributed by atoms with Crippen molar-refractivity contribution in [2.75, 3.05) is 11.1 Å². The molecule has 1 aliphatic carbocycles. The Labute approximate surface area is 200 Å². The molecule has 8 heteroatoms. The van der Waals surface area contributed by atoms with E-state index in [4.69, 9.17) is 0 Å². The number of fused-ring (bicyclic) bond motifs is 3. The van der Waals surface area contributed by atoms with Gasteiger partial charge in [-0.15, -0.1) is 10.2 Å². The Kier molecular flexibility index (Phi) is 6.55. The average molecular weight is 477 g/mol. The van der Waals surface area contributed by atoms with E-state index in [1.165, 1.54) is 40.5 Å². The van der Waals surface area contributed by atoms with Crippen LogP contribution in [0.15, 0.2) is 58.9 Å². The van der Waals surface area contributed by atoms with Gasteiger partial charge in [0, 0.05) is 17.5 Å². The largest absolute Gasteiger partial charge is 0.300 e. The lowest BCUT2D eigenvalue weighted by Crippen LogP contribution is -2.18. The molecule has 168 valence electrons. The van der Waals surface area contributed by atoms with Crippen LogP contribution in [0.25, 0.3) is 10.9 Å². The third-order valence-electron chi connectivity index (χ3n) is 5.88. The predicted octanol–water partition coefficient (Wildman–Crippen LogP) is 5.38. The average Bonchev–Trinajstić information content (AvgIpc) is 3.44. The minimum Gasteiger partial charge on any atom is -0.300 e. The second kappa shape index (κ2) is 9.89. The van der Waals surface area contributed by atoms with Gasteiger partial charge in [-0.25, -0.2) is 0 Å². The van der Waals surface area contributed by atoms with Gasteiger partial charge in [-0.2, -0.15) is 0 Å². The summed E-state index contributed by atoms with van der Waals surface area (Å²) in [5, 5.41) is 12.7. The number of aryl methyl sites for hydroxylation is 2. The number of thioether (sulfide) groups is 1. The third kappa shape index (κ3) is 4.86. The van der Waals surface area contributed by atoms with Crippen LogP contribution in [0, 0.1) is 0 Å². The molecule has 1 aliphatic rings. The molecule has 0 radical (unpaired) electrons. The maximum absolute atomic E-state index is 13.2. The van der Waals surface area contributed by atoms with Crippen molar-refractivity contribution in [3.05, 3.63) is 71.4 Å². The first-order valence-corrected chi connectivity index (χ1v) is 12.9. The first-order chi connectivity index (χ1) is 16.2. The number of hydrogen-bond donors (Lipinski definition) is 1. The van der Waals surface area contributed by atoms with Crippen LogP contribution in [0.2, 0.25) is 0 Å². The molecular weight excluding hydrogens is 452 g/mol. The predicted molar refractivity (Wildman–Crippen MR) is 133 cm³/mol. The van der Waals surface area contributed by atoms with E-state index in [1.54, 1.807) is 0 Å². The Hall–Kier alpha value is -2.97. The molecule has 0 saturated heterocycles. The molecule has 0 aliphatic heterocycles. The lowest BCUT2D eigenvalue weighted by atomic mass is 9.96. The number of anilines is 1. The first-order valence-electron chi connectivity index (χ1n) is 11.1. The number of rotatable bonds is 7. The summed E-state index contributed by atoms with van der Waals surface area (Å²) in [5.41, 5.74) is 4.61. The fraction of sp³-hybridized carbons (Fsp3) is 0.280. The number of nitrogens with one attached hydrogen (secondary N) is 1. The summed E-state index contributed by atoms with van der Waals surface area (Å²) in [4.78, 5) is 25.4. The highest BCUT2D eigenvalue weighted by molar-refractivity contribution is 8.01. The van der Waals surface area contributed by atoms with E-state index in [0.29, 0.717) is 22.3 Å². The second-order valence-corrected chi connectivity index (χ2v) is 10.3. The summed E-state index contributed by atoms with van der Waals surface area (Å²) < 4.78 is 2.58. The molecule has 0 fully saturated rings. The van der Waals surface area contributed by atoms with Crippen LogP contribution in [0.5, 0.6) is 0 Å². The van der Waals surface area contributed by atoms with Gasteiger partial charge in [-0.1, -0.05) is 71.6 Å². The van der Waals surface area contributed by atoms with Crippen LogP contribution in [0.1, 0.15) is 40.9 Å². The van der Waals surface area contributed by atoms with Crippen molar-refractivity contribution in [3.8, 4) is 0 Å². The summed E-state index contributed by atoms with van der Waals surface area (Å²) in [6.45, 7) is 0. The molecule has 0 spiro atoms. The minimum absolute atomic E-state index is 0.0583. The number of carbonyl (C=O) groups is 2. The van der Waals surface area contributed by atoms with Crippen LogP contribution >= 0.6 is 23.1 Å². The Bertz CT molecular complexity index is 1300. The van der Waals surface area contributed by atoms with E-state index in [-0.39, 0.29) is 17.6 Å². The van der Waals surface area contributed by atoms with Crippen molar-refractivity contribution in [3.63, 3.8) is 0 Å². The Morgan fingerprint density at radius 3 is 2.67 bits per heavy atom. The van der Waals surface area contributed by atoms with E-state index in [0.717, 1.165) is 36.0 Å². The summed E-state index contributed by atoms with van der Waals surface area (Å²) in [6, 6.07) is 18.1. The van der Waals surface area contributed by atoms with Gasteiger partial charge in [0.05, 0.1) is 11.3 Å². The molecule has 0 unspecified atom stereocenters. The Morgan fingerprint density at radius 2 is 1.79 bits per heavy atom. The van der Waals surface area contributed by atoms with Crippen LogP contribution in [-0.2, 0) is 24.1 Å². The van der Waals surface area contributed by atoms with Crippen molar-refractivity contribution in [2.45, 2.75) is 42.9 Å². The molecule has 0 saturated carbocycles. The molecule has 33 heavy (non-hydrogen) atoms. The van der Waals surface area contributed by atoms with Crippen LogP contribution in [-0.4, -0.2) is 32.3 Å². The molecule has 5 rings (SSSR count). The second-order valence-electron chi connectivity index (χ2n) is 8.07. The highest BCUT2D eigenvalue weighted by atomic mass is 32.2. The van der Waals surface area contributed by atoms with Gasteiger partial charge in [0.15, 0.2) is 4.34 Å². The number of nitrogens with zero attached hydrogens (tertiary/aromatic N) is 3. The number of amides is 1. The maximum atomic E-state index is 13.2. The molecule has 2 heterocycles. The van der Waals surface area contributed by atoms with Gasteiger partial charge in [-0.3, -0.25) is 14.2 Å². The standard InChI is InChI=1S/C25H24N4O2S2/c30-22(15-14-17-8-2-1-3-9-17)26-24-27-28-25(33-24)32-16-23(31)29-20-12-6-4-10-18(20)19-11-5-7-13-21(19)29/h1-4,6,8-10,12H,5,7,11,13-16H2,(H,26,27,30). The van der Waals surface area contributed by atoms with E-state index >= 15 is 0 Å². The molecule has 1 N–H and O–H groups in total. The minimum atomic E-state index is -0.0898. The van der Waals surface area contributed by atoms with Gasteiger partial charge < -0.3 is 5.32 Å². The van der Waals surface area contributed by atoms with Gasteiger partial charge >= 0.3 is 0 Å². The Balaban J connectivity index is 1.21. The summed E-state index contributed by atoms with van der Waals surface area (Å²) in [7, 11) is 0. The molecule has 0 bridgehead atoms. The Morgan fingerprint density at radius 1 is 1.00 bits per heavy atom. The number of hydrogen-bond acceptors (Lipinski definition) is 6. The lowest BCUT2D eigenvalue weighted by Gasteiger charge is -2.14. The fourth-order valence-corrected chi connectivity index (χ4v) is 5.99. The van der Waals surface area contributed by atoms with Gasteiger partial charge in [0.2, 0.25) is 16.9 Å². The van der Waals surface area contributed by atoms with E-state index in [2.05, 4.69) is 21.6 Å². The van der Waals surface area contributed by atoms with E-state index < -0.39 is 0 Å². The van der Waals surface area contributed by atoms with Crippen molar-refractivity contribution >= 4 is 50.9 Å². The van der Waals surface area contributed by atoms with Crippen molar-refractivity contribution < 1.29 is 9.59 Å². The van der Waals surface area contributed by atoms with E-state index in [1.807, 2.05) is 53.1 Å². The van der Waals surface area contributed by atoms with Crippen LogP contribution < -0.4 is 5.32 Å². The zero-order valence-electron chi connectivity index (χ0n) is 18.1. The lowest BCUT2D eigenvalue weighted by molar-refractivity contribution is -0.116. The van der Waals surface area contributed by atoms with E-state index in [9.17, 15) is 9.59 Å². The van der Waals surface area contributed by atoms with Crippen molar-refractivity contribution in [1.82, 2.24) is 14.8 Å². The zero-order valence-corrected chi connectivity index (χ0v) is 19.8. The maximum Gasteiger partial charge on any atom is 0.241 e. The topological polar surface area (TPSA) is 76.9 Å². The van der Waals surface area contributed by atoms with Gasteiger partial charge in [-0.05, 0) is 49.3 Å². The molecule has 2 aromatic heterocycles. The quantitative estimate of drug-likeness (QED) is 0.286. The zero-order chi connectivity index (χ0) is 22.6. The highest BCUT2D eigenvalue weighted by Crippen LogP contribution is 2.33. The monoisotopic (exact) mass is 476 g/mol. The summed E-state index contributed by atoms with van der Waals surface area (Å²) in [6.07, 6.45) is 5.33. The number of carbonyl (C=O) groups excluding carboxylic acids is 2. The molecule has 1 amide bonds. The summed E-state index contributed by atoms with van der Waals surface area (Å²) in [5.74, 6) is 0.248. The third-order valence-corrected chi connectivity index (χ3v) is 7.84. The molecule has 4 aromatic rings. The van der Waals surface area contributed by atoms with Gasteiger partial charge in [0.1, 0.15) is 0 Å². The number of benzene rings is 2. The molecular formula is C25H24N4O2S2. The van der Waals surface area contributed by atoms with Crippen molar-refractivity contribution in [1.29, 1.82) is 0 Å². The smallest absolute Gasteiger partial charge is 0.241 e. The number of aromatic nitrogens is 3. The van der Waals surface area contributed by atoms with Crippen molar-refractivity contribution in [2.24, 2.45) is 0 Å². The van der Waals surface area contributed by atoms with Crippen LogP contribution in [0.3, 0.4) is 0 Å². The first kappa shape index (κ1) is 21.9. The summed E-state index contributed by atoms with van der Waals surface area (Å²) >= 11 is 2.67.